The number of nitrogens with one attached hydrogen (secondary N) is 1. The van der Waals surface area contributed by atoms with Gasteiger partial charge in [-0.2, -0.15) is 0 Å². The van der Waals surface area contributed by atoms with Crippen LogP contribution in [0.4, 0.5) is 5.69 Å². The predicted octanol–water partition coefficient (Wildman–Crippen LogP) is 0.790. The van der Waals surface area contributed by atoms with E-state index in [0.717, 1.165) is 11.3 Å². The van der Waals surface area contributed by atoms with Crippen molar-refractivity contribution in [3.8, 4) is 0 Å². The van der Waals surface area contributed by atoms with Gasteiger partial charge in [0.05, 0.1) is 0 Å². The highest BCUT2D eigenvalue weighted by atomic mass is 16.2. The topological polar surface area (TPSA) is 49.3 Å². The van der Waals surface area contributed by atoms with Gasteiger partial charge in [-0.1, -0.05) is 12.1 Å². The number of carbonyl (C=O) groups excluding carboxylic acids is 1. The SMILES string of the molecule is O=CNc1ccc(CCO)cc1. The third kappa shape index (κ3) is 2.36. The van der Waals surface area contributed by atoms with Crippen molar-refractivity contribution in [2.24, 2.45) is 0 Å². The third-order valence-electron chi connectivity index (χ3n) is 1.58. The van der Waals surface area contributed by atoms with Gasteiger partial charge in [0.15, 0.2) is 0 Å². The second-order valence-electron chi connectivity index (χ2n) is 2.43. The van der Waals surface area contributed by atoms with Crippen LogP contribution in [-0.4, -0.2) is 18.1 Å². The van der Waals surface area contributed by atoms with Gasteiger partial charge in [0.2, 0.25) is 6.41 Å². The molecule has 0 heterocycles. The first-order chi connectivity index (χ1) is 5.86. The molecule has 0 aliphatic carbocycles. The second kappa shape index (κ2) is 4.51. The molecule has 1 rings (SSSR count). The van der Waals surface area contributed by atoms with Crippen molar-refractivity contribution in [1.82, 2.24) is 0 Å². The molecule has 0 unspecified atom stereocenters. The Labute approximate surface area is 71.0 Å². The molecule has 3 nitrogen and oxygen atoms in total. The first-order valence-corrected chi connectivity index (χ1v) is 3.77. The summed E-state index contributed by atoms with van der Waals surface area (Å²) >= 11 is 0. The van der Waals surface area contributed by atoms with E-state index in [9.17, 15) is 4.79 Å². The Kier molecular flexibility index (Phi) is 3.29. The molecular weight excluding hydrogens is 154 g/mol. The summed E-state index contributed by atoms with van der Waals surface area (Å²) in [5, 5.41) is 11.2. The summed E-state index contributed by atoms with van der Waals surface area (Å²) in [4.78, 5) is 10.0. The van der Waals surface area contributed by atoms with Gasteiger partial charge in [-0.05, 0) is 24.1 Å². The van der Waals surface area contributed by atoms with Crippen LogP contribution >= 0.6 is 0 Å². The molecule has 3 heteroatoms. The summed E-state index contributed by atoms with van der Waals surface area (Å²) in [7, 11) is 0. The van der Waals surface area contributed by atoms with Crippen LogP contribution < -0.4 is 5.32 Å². The smallest absolute Gasteiger partial charge is 0.211 e. The molecule has 0 radical (unpaired) electrons. The number of benzene rings is 1. The molecule has 64 valence electrons. The van der Waals surface area contributed by atoms with Crippen LogP contribution in [0.5, 0.6) is 0 Å². The molecule has 1 amide bonds. The zero-order chi connectivity index (χ0) is 8.81. The van der Waals surface area contributed by atoms with Crippen LogP contribution in [0.3, 0.4) is 0 Å². The maximum atomic E-state index is 10.0. The molecule has 0 saturated carbocycles. The van der Waals surface area contributed by atoms with E-state index in [4.69, 9.17) is 5.11 Å². The fourth-order valence-corrected chi connectivity index (χ4v) is 0.965. The first kappa shape index (κ1) is 8.74. The van der Waals surface area contributed by atoms with Crippen LogP contribution in [0.2, 0.25) is 0 Å². The minimum Gasteiger partial charge on any atom is -0.396 e. The van der Waals surface area contributed by atoms with Crippen molar-refractivity contribution < 1.29 is 9.90 Å². The molecule has 0 spiro atoms. The van der Waals surface area contributed by atoms with Gasteiger partial charge in [-0.15, -0.1) is 0 Å². The second-order valence-corrected chi connectivity index (χ2v) is 2.43. The van der Waals surface area contributed by atoms with Crippen LogP contribution in [0.15, 0.2) is 24.3 Å². The lowest BCUT2D eigenvalue weighted by Crippen LogP contribution is -1.94. The monoisotopic (exact) mass is 165 g/mol. The lowest BCUT2D eigenvalue weighted by atomic mass is 10.1. The molecule has 2 N–H and O–H groups in total. The van der Waals surface area contributed by atoms with Crippen LogP contribution in [0.25, 0.3) is 0 Å². The fourth-order valence-electron chi connectivity index (χ4n) is 0.965. The number of carbonyl (C=O) groups is 1. The normalized spacial score (nSPS) is 9.42. The Morgan fingerprint density at radius 1 is 1.33 bits per heavy atom. The summed E-state index contributed by atoms with van der Waals surface area (Å²) in [6.45, 7) is 0.153. The Bertz CT molecular complexity index is 243. The number of anilines is 1. The zero-order valence-corrected chi connectivity index (χ0v) is 6.66. The van der Waals surface area contributed by atoms with Crippen LogP contribution in [-0.2, 0) is 11.2 Å². The summed E-state index contributed by atoms with van der Waals surface area (Å²) in [6.07, 6.45) is 1.29. The number of hydrogen-bond acceptors (Lipinski definition) is 2. The molecule has 0 bridgehead atoms. The Morgan fingerprint density at radius 2 is 2.00 bits per heavy atom. The van der Waals surface area contributed by atoms with Crippen molar-refractivity contribution in [3.05, 3.63) is 29.8 Å². The van der Waals surface area contributed by atoms with E-state index < -0.39 is 0 Å². The van der Waals surface area contributed by atoms with Crippen LogP contribution in [0, 0.1) is 0 Å². The van der Waals surface area contributed by atoms with Gasteiger partial charge in [-0.25, -0.2) is 0 Å². The van der Waals surface area contributed by atoms with Gasteiger partial charge < -0.3 is 10.4 Å². The first-order valence-electron chi connectivity index (χ1n) is 3.77. The molecule has 0 aliphatic rings. The summed E-state index contributed by atoms with van der Waals surface area (Å²) in [6, 6.07) is 7.36. The largest absolute Gasteiger partial charge is 0.396 e. The molecule has 12 heavy (non-hydrogen) atoms. The number of aliphatic hydroxyl groups is 1. The predicted molar refractivity (Wildman–Crippen MR) is 46.9 cm³/mol. The highest BCUT2D eigenvalue weighted by Gasteiger charge is 1.91. The molecular formula is C9H11NO2. The minimum absolute atomic E-state index is 0.153. The van der Waals surface area contributed by atoms with Gasteiger partial charge >= 0.3 is 0 Å². The lowest BCUT2D eigenvalue weighted by molar-refractivity contribution is -0.105. The molecule has 0 saturated heterocycles. The summed E-state index contributed by atoms with van der Waals surface area (Å²) in [5.41, 5.74) is 1.83. The molecule has 0 aromatic heterocycles. The van der Waals surface area contributed by atoms with Gasteiger partial charge in [0, 0.05) is 12.3 Å². The van der Waals surface area contributed by atoms with E-state index in [1.54, 1.807) is 12.1 Å². The Hall–Kier alpha value is -1.35. The molecule has 0 aliphatic heterocycles. The quantitative estimate of drug-likeness (QED) is 0.648. The van der Waals surface area contributed by atoms with E-state index in [1.807, 2.05) is 12.1 Å². The van der Waals surface area contributed by atoms with Crippen molar-refractivity contribution in [2.45, 2.75) is 6.42 Å². The lowest BCUT2D eigenvalue weighted by Gasteiger charge is -2.00. The highest BCUT2D eigenvalue weighted by molar-refractivity contribution is 5.70. The standard InChI is InChI=1S/C9H11NO2/c11-6-5-8-1-3-9(4-2-8)10-7-12/h1-4,7,11H,5-6H2,(H,10,12). The van der Waals surface area contributed by atoms with E-state index in [1.165, 1.54) is 0 Å². The average molecular weight is 165 g/mol. The summed E-state index contributed by atoms with van der Waals surface area (Å²) < 4.78 is 0. The summed E-state index contributed by atoms with van der Waals surface area (Å²) in [5.74, 6) is 0. The highest BCUT2D eigenvalue weighted by Crippen LogP contribution is 2.08. The van der Waals surface area contributed by atoms with Crippen molar-refractivity contribution in [1.29, 1.82) is 0 Å². The zero-order valence-electron chi connectivity index (χ0n) is 6.66. The average Bonchev–Trinajstić information content (AvgIpc) is 2.09. The Balaban J connectivity index is 2.64. The molecule has 0 fully saturated rings. The molecule has 0 atom stereocenters. The third-order valence-corrected chi connectivity index (χ3v) is 1.58. The van der Waals surface area contributed by atoms with Crippen LogP contribution in [0.1, 0.15) is 5.56 Å². The number of amides is 1. The Morgan fingerprint density at radius 3 is 2.50 bits per heavy atom. The van der Waals surface area contributed by atoms with Gasteiger partial charge in [0.25, 0.3) is 0 Å². The van der Waals surface area contributed by atoms with Crippen molar-refractivity contribution in [2.75, 3.05) is 11.9 Å². The van der Waals surface area contributed by atoms with E-state index in [0.29, 0.717) is 12.8 Å². The maximum Gasteiger partial charge on any atom is 0.211 e. The number of rotatable bonds is 4. The van der Waals surface area contributed by atoms with Gasteiger partial charge in [0.1, 0.15) is 0 Å². The van der Waals surface area contributed by atoms with Crippen molar-refractivity contribution in [3.63, 3.8) is 0 Å². The van der Waals surface area contributed by atoms with E-state index >= 15 is 0 Å². The van der Waals surface area contributed by atoms with Crippen molar-refractivity contribution >= 4 is 12.1 Å². The van der Waals surface area contributed by atoms with E-state index in [2.05, 4.69) is 5.32 Å². The van der Waals surface area contributed by atoms with Gasteiger partial charge in [-0.3, -0.25) is 4.79 Å². The molecule has 1 aromatic rings. The van der Waals surface area contributed by atoms with E-state index in [-0.39, 0.29) is 6.61 Å². The molecule has 1 aromatic carbocycles. The maximum absolute atomic E-state index is 10.0. The number of hydrogen-bond donors (Lipinski definition) is 2. The minimum atomic E-state index is 0.153. The fraction of sp³-hybridized carbons (Fsp3) is 0.222. The number of aliphatic hydroxyl groups excluding tert-OH is 1.